The molecular formula is C22H25FN2O. The van der Waals surface area contributed by atoms with Gasteiger partial charge in [-0.1, -0.05) is 19.4 Å². The zero-order valence-electron chi connectivity index (χ0n) is 15.2. The molecule has 136 valence electrons. The number of rotatable bonds is 6. The molecule has 0 unspecified atom stereocenters. The smallest absolute Gasteiger partial charge is 0.144 e. The van der Waals surface area contributed by atoms with Gasteiger partial charge < -0.3 is 4.74 Å². The zero-order chi connectivity index (χ0) is 18.4. The van der Waals surface area contributed by atoms with E-state index in [1.165, 1.54) is 23.4 Å². The molecule has 4 heteroatoms. The van der Waals surface area contributed by atoms with Crippen molar-refractivity contribution in [1.29, 1.82) is 5.26 Å². The number of hydrogen-bond acceptors (Lipinski definition) is 3. The van der Waals surface area contributed by atoms with Crippen molar-refractivity contribution >= 4 is 0 Å². The monoisotopic (exact) mass is 352 g/mol. The SMILES string of the molecule is CCCc1ccc(C2CCC(COc3ccc(C#N)c(F)c3)CC2)nc1. The standard InChI is InChI=1S/C22H25FN2O/c1-2-3-16-6-11-22(25-14-16)18-7-4-17(5-8-18)15-26-20-10-9-19(13-24)21(23)12-20/h6,9-12,14,17-18H,2-5,7-8,15H2,1H3. The molecule has 0 aliphatic heterocycles. The van der Waals surface area contributed by atoms with Gasteiger partial charge in [-0.05, 0) is 61.8 Å². The van der Waals surface area contributed by atoms with Gasteiger partial charge in [-0.25, -0.2) is 4.39 Å². The predicted octanol–water partition coefficient (Wildman–Crippen LogP) is 5.40. The molecule has 1 aliphatic carbocycles. The van der Waals surface area contributed by atoms with Crippen LogP contribution in [0.4, 0.5) is 4.39 Å². The summed E-state index contributed by atoms with van der Waals surface area (Å²) >= 11 is 0. The topological polar surface area (TPSA) is 45.9 Å². The molecule has 2 aromatic rings. The maximum absolute atomic E-state index is 13.6. The van der Waals surface area contributed by atoms with Gasteiger partial charge in [0.15, 0.2) is 0 Å². The summed E-state index contributed by atoms with van der Waals surface area (Å²) in [6, 6.07) is 10.6. The number of pyridine rings is 1. The fourth-order valence-electron chi connectivity index (χ4n) is 3.63. The maximum atomic E-state index is 13.6. The van der Waals surface area contributed by atoms with Gasteiger partial charge in [-0.2, -0.15) is 5.26 Å². The lowest BCUT2D eigenvalue weighted by Gasteiger charge is -2.28. The van der Waals surface area contributed by atoms with Gasteiger partial charge in [0.25, 0.3) is 0 Å². The number of aryl methyl sites for hydroxylation is 1. The van der Waals surface area contributed by atoms with Crippen molar-refractivity contribution < 1.29 is 9.13 Å². The lowest BCUT2D eigenvalue weighted by molar-refractivity contribution is 0.198. The highest BCUT2D eigenvalue weighted by Gasteiger charge is 2.23. The van der Waals surface area contributed by atoms with E-state index < -0.39 is 5.82 Å². The Hall–Kier alpha value is -2.41. The first-order valence-corrected chi connectivity index (χ1v) is 9.47. The van der Waals surface area contributed by atoms with Crippen molar-refractivity contribution in [3.63, 3.8) is 0 Å². The Kier molecular flexibility index (Phi) is 6.22. The number of benzene rings is 1. The van der Waals surface area contributed by atoms with Crippen LogP contribution in [-0.2, 0) is 6.42 Å². The summed E-state index contributed by atoms with van der Waals surface area (Å²) in [5.74, 6) is 1.00. The highest BCUT2D eigenvalue weighted by atomic mass is 19.1. The van der Waals surface area contributed by atoms with E-state index in [2.05, 4.69) is 24.0 Å². The van der Waals surface area contributed by atoms with Gasteiger partial charge in [0.2, 0.25) is 0 Å². The van der Waals surface area contributed by atoms with Gasteiger partial charge in [0.1, 0.15) is 17.6 Å². The van der Waals surface area contributed by atoms with E-state index in [1.807, 2.05) is 12.3 Å². The van der Waals surface area contributed by atoms with Crippen molar-refractivity contribution in [3.8, 4) is 11.8 Å². The fourth-order valence-corrected chi connectivity index (χ4v) is 3.63. The van der Waals surface area contributed by atoms with Gasteiger partial charge >= 0.3 is 0 Å². The normalized spacial score (nSPS) is 19.7. The number of aromatic nitrogens is 1. The van der Waals surface area contributed by atoms with Crippen LogP contribution in [0, 0.1) is 23.1 Å². The van der Waals surface area contributed by atoms with E-state index in [4.69, 9.17) is 10.00 Å². The van der Waals surface area contributed by atoms with Crippen LogP contribution in [0.5, 0.6) is 5.75 Å². The Morgan fingerprint density at radius 3 is 2.62 bits per heavy atom. The van der Waals surface area contributed by atoms with Crippen LogP contribution in [0.2, 0.25) is 0 Å². The summed E-state index contributed by atoms with van der Waals surface area (Å²) in [7, 11) is 0. The third-order valence-electron chi connectivity index (χ3n) is 5.20. The summed E-state index contributed by atoms with van der Waals surface area (Å²) in [6.45, 7) is 2.78. The minimum Gasteiger partial charge on any atom is -0.493 e. The minimum absolute atomic E-state index is 0.0512. The Bertz CT molecular complexity index is 759. The van der Waals surface area contributed by atoms with E-state index in [9.17, 15) is 4.39 Å². The molecule has 1 aliphatic rings. The number of nitriles is 1. The van der Waals surface area contributed by atoms with Crippen molar-refractivity contribution in [3.05, 3.63) is 59.2 Å². The molecule has 0 radical (unpaired) electrons. The summed E-state index contributed by atoms with van der Waals surface area (Å²) < 4.78 is 19.4. The molecule has 0 bridgehead atoms. The van der Waals surface area contributed by atoms with Crippen LogP contribution in [0.1, 0.15) is 61.8 Å². The molecule has 0 N–H and O–H groups in total. The molecule has 1 fully saturated rings. The Balaban J connectivity index is 1.48. The fraction of sp³-hybridized carbons (Fsp3) is 0.455. The van der Waals surface area contributed by atoms with Crippen LogP contribution in [0.15, 0.2) is 36.5 Å². The first-order valence-electron chi connectivity index (χ1n) is 9.47. The molecule has 26 heavy (non-hydrogen) atoms. The van der Waals surface area contributed by atoms with E-state index in [0.29, 0.717) is 24.2 Å². The summed E-state index contributed by atoms with van der Waals surface area (Å²) in [6.07, 6.45) is 8.70. The molecule has 0 saturated heterocycles. The van der Waals surface area contributed by atoms with Crippen molar-refractivity contribution in [2.45, 2.75) is 51.4 Å². The molecule has 1 heterocycles. The Morgan fingerprint density at radius 2 is 2.00 bits per heavy atom. The molecule has 0 spiro atoms. The molecule has 1 aromatic heterocycles. The van der Waals surface area contributed by atoms with Crippen molar-refractivity contribution in [1.82, 2.24) is 4.98 Å². The van der Waals surface area contributed by atoms with Gasteiger partial charge in [-0.15, -0.1) is 0 Å². The Labute approximate surface area is 154 Å². The van der Waals surface area contributed by atoms with Gasteiger partial charge in [0, 0.05) is 23.9 Å². The van der Waals surface area contributed by atoms with E-state index in [0.717, 1.165) is 38.5 Å². The molecule has 0 amide bonds. The average molecular weight is 352 g/mol. The predicted molar refractivity (Wildman–Crippen MR) is 99.5 cm³/mol. The molecule has 1 saturated carbocycles. The number of hydrogen-bond donors (Lipinski definition) is 0. The second kappa shape index (κ2) is 8.80. The quantitative estimate of drug-likeness (QED) is 0.699. The summed E-state index contributed by atoms with van der Waals surface area (Å²) in [4.78, 5) is 4.67. The van der Waals surface area contributed by atoms with E-state index in [1.54, 1.807) is 6.07 Å². The second-order valence-electron chi connectivity index (χ2n) is 7.12. The Morgan fingerprint density at radius 1 is 1.19 bits per heavy atom. The number of halogens is 1. The molecule has 1 aromatic carbocycles. The highest BCUT2D eigenvalue weighted by molar-refractivity contribution is 5.36. The summed E-state index contributed by atoms with van der Waals surface area (Å²) in [5.41, 5.74) is 2.57. The highest BCUT2D eigenvalue weighted by Crippen LogP contribution is 2.35. The van der Waals surface area contributed by atoms with E-state index in [-0.39, 0.29) is 5.56 Å². The average Bonchev–Trinajstić information content (AvgIpc) is 2.68. The molecule has 3 nitrogen and oxygen atoms in total. The maximum Gasteiger partial charge on any atom is 0.144 e. The minimum atomic E-state index is -0.522. The van der Waals surface area contributed by atoms with Crippen molar-refractivity contribution in [2.24, 2.45) is 5.92 Å². The largest absolute Gasteiger partial charge is 0.493 e. The van der Waals surface area contributed by atoms with Crippen LogP contribution in [0.25, 0.3) is 0 Å². The molecular weight excluding hydrogens is 327 g/mol. The van der Waals surface area contributed by atoms with E-state index >= 15 is 0 Å². The van der Waals surface area contributed by atoms with Crippen LogP contribution in [0.3, 0.4) is 0 Å². The van der Waals surface area contributed by atoms with Gasteiger partial charge in [0.05, 0.1) is 12.2 Å². The van der Waals surface area contributed by atoms with Crippen LogP contribution < -0.4 is 4.74 Å². The van der Waals surface area contributed by atoms with Crippen LogP contribution in [-0.4, -0.2) is 11.6 Å². The molecule has 0 atom stereocenters. The van der Waals surface area contributed by atoms with Gasteiger partial charge in [-0.3, -0.25) is 4.98 Å². The number of ether oxygens (including phenoxy) is 1. The third-order valence-corrected chi connectivity index (χ3v) is 5.20. The summed E-state index contributed by atoms with van der Waals surface area (Å²) in [5, 5.41) is 8.77. The second-order valence-corrected chi connectivity index (χ2v) is 7.12. The number of nitrogens with zero attached hydrogens (tertiary/aromatic N) is 2. The molecule has 3 rings (SSSR count). The zero-order valence-corrected chi connectivity index (χ0v) is 15.2. The first kappa shape index (κ1) is 18.4. The van der Waals surface area contributed by atoms with Crippen molar-refractivity contribution in [2.75, 3.05) is 6.61 Å². The first-order chi connectivity index (χ1) is 12.7. The lowest BCUT2D eigenvalue weighted by atomic mass is 9.80. The lowest BCUT2D eigenvalue weighted by Crippen LogP contribution is -2.19. The third kappa shape index (κ3) is 4.60. The van der Waals surface area contributed by atoms with Crippen LogP contribution >= 0.6 is 0 Å².